The fourth-order valence-electron chi connectivity index (χ4n) is 3.93. The lowest BCUT2D eigenvalue weighted by atomic mass is 10.0. The van der Waals surface area contributed by atoms with Crippen LogP contribution in [0, 0.1) is 12.7 Å². The molecule has 36 heavy (non-hydrogen) atoms. The minimum absolute atomic E-state index is 0.0321. The maximum absolute atomic E-state index is 13.6. The Bertz CT molecular complexity index is 1480. The van der Waals surface area contributed by atoms with E-state index >= 15 is 0 Å². The fraction of sp³-hybridized carbons (Fsp3) is 0.107. The van der Waals surface area contributed by atoms with Crippen LogP contribution in [0.15, 0.2) is 89.7 Å². The van der Waals surface area contributed by atoms with Crippen LogP contribution in [0.25, 0.3) is 5.69 Å². The molecule has 1 heterocycles. The molecule has 0 aliphatic rings. The Balaban J connectivity index is 1.58. The summed E-state index contributed by atoms with van der Waals surface area (Å²) in [6.45, 7) is 1.84. The summed E-state index contributed by atoms with van der Waals surface area (Å²) < 4.78 is 14.9. The number of aryl methyl sites for hydroxylation is 1. The van der Waals surface area contributed by atoms with Gasteiger partial charge in [0.1, 0.15) is 17.7 Å². The zero-order chi connectivity index (χ0) is 25.8. The van der Waals surface area contributed by atoms with Gasteiger partial charge < -0.3 is 10.8 Å². The molecule has 0 spiro atoms. The standard InChI is InChI=1S/C28H24FN3O4/c1-17-15-20(9-13-23(17)29)26(34)22-12-14-24(33)32(27(22)30)21-10-7-18(8-11-21)16-31-25(28(35)36)19-5-3-2-4-6-19/h2-15,25,31H,16,30H2,1H3,(H,35,36). The smallest absolute Gasteiger partial charge is 0.325 e. The third-order valence-corrected chi connectivity index (χ3v) is 5.88. The summed E-state index contributed by atoms with van der Waals surface area (Å²) in [5.74, 6) is -1.87. The third-order valence-electron chi connectivity index (χ3n) is 5.88. The number of hydrogen-bond acceptors (Lipinski definition) is 5. The maximum Gasteiger partial charge on any atom is 0.325 e. The molecule has 4 N–H and O–H groups in total. The summed E-state index contributed by atoms with van der Waals surface area (Å²) in [5.41, 5.74) is 8.42. The van der Waals surface area contributed by atoms with E-state index in [0.29, 0.717) is 16.8 Å². The molecule has 1 aromatic heterocycles. The van der Waals surface area contributed by atoms with Crippen LogP contribution in [-0.2, 0) is 11.3 Å². The molecule has 0 saturated carbocycles. The van der Waals surface area contributed by atoms with Crippen LogP contribution in [0.3, 0.4) is 0 Å². The van der Waals surface area contributed by atoms with Crippen LogP contribution in [0.5, 0.6) is 0 Å². The highest BCUT2D eigenvalue weighted by Gasteiger charge is 2.20. The van der Waals surface area contributed by atoms with Crippen molar-refractivity contribution in [2.24, 2.45) is 0 Å². The van der Waals surface area contributed by atoms with Gasteiger partial charge >= 0.3 is 5.97 Å². The minimum atomic E-state index is -0.991. The molecule has 7 nitrogen and oxygen atoms in total. The van der Waals surface area contributed by atoms with Gasteiger partial charge in [0, 0.05) is 18.2 Å². The Morgan fingerprint density at radius 1 is 1.00 bits per heavy atom. The molecule has 1 atom stereocenters. The molecule has 0 aliphatic carbocycles. The third kappa shape index (κ3) is 5.08. The minimum Gasteiger partial charge on any atom is -0.480 e. The van der Waals surface area contributed by atoms with E-state index in [4.69, 9.17) is 5.73 Å². The summed E-state index contributed by atoms with van der Waals surface area (Å²) in [6.07, 6.45) is 0. The molecule has 8 heteroatoms. The number of hydrogen-bond donors (Lipinski definition) is 3. The number of aromatic nitrogens is 1. The van der Waals surface area contributed by atoms with Gasteiger partial charge in [0.2, 0.25) is 0 Å². The molecule has 0 amide bonds. The molecule has 3 aromatic carbocycles. The van der Waals surface area contributed by atoms with Crippen LogP contribution in [0.4, 0.5) is 10.2 Å². The van der Waals surface area contributed by atoms with Gasteiger partial charge in [0.05, 0.1) is 11.3 Å². The SMILES string of the molecule is Cc1cc(C(=O)c2ccc(=O)n(-c3ccc(CNC(C(=O)O)c4ccccc4)cc3)c2N)ccc1F. The van der Waals surface area contributed by atoms with Gasteiger partial charge in [-0.1, -0.05) is 42.5 Å². The number of pyridine rings is 1. The van der Waals surface area contributed by atoms with E-state index in [0.717, 1.165) is 5.56 Å². The average molecular weight is 486 g/mol. The second kappa shape index (κ2) is 10.4. The number of aliphatic carboxylic acids is 1. The van der Waals surface area contributed by atoms with Crippen molar-refractivity contribution in [2.75, 3.05) is 5.73 Å². The van der Waals surface area contributed by atoms with Gasteiger partial charge in [-0.3, -0.25) is 24.3 Å². The number of nitrogens with one attached hydrogen (secondary N) is 1. The highest BCUT2D eigenvalue weighted by Crippen LogP contribution is 2.21. The number of carboxylic acids is 1. The molecular formula is C28H24FN3O4. The van der Waals surface area contributed by atoms with Crippen LogP contribution in [-0.4, -0.2) is 21.4 Å². The number of ketones is 1. The molecule has 4 aromatic rings. The van der Waals surface area contributed by atoms with Crippen molar-refractivity contribution in [3.8, 4) is 5.69 Å². The predicted octanol–water partition coefficient (Wildman–Crippen LogP) is 4.01. The number of benzene rings is 3. The first kappa shape index (κ1) is 24.6. The molecular weight excluding hydrogens is 461 g/mol. The number of carbonyl (C=O) groups excluding carboxylic acids is 1. The quantitative estimate of drug-likeness (QED) is 0.325. The first-order chi connectivity index (χ1) is 17.3. The van der Waals surface area contributed by atoms with Crippen molar-refractivity contribution in [3.63, 3.8) is 0 Å². The number of carboxylic acid groups (broad SMARTS) is 1. The maximum atomic E-state index is 13.6. The number of anilines is 1. The first-order valence-corrected chi connectivity index (χ1v) is 11.2. The van der Waals surface area contributed by atoms with Gasteiger partial charge in [-0.2, -0.15) is 0 Å². The second-order valence-corrected chi connectivity index (χ2v) is 8.33. The monoisotopic (exact) mass is 485 g/mol. The van der Waals surface area contributed by atoms with Gasteiger partial charge in [-0.05, 0) is 60.0 Å². The summed E-state index contributed by atoms with van der Waals surface area (Å²) in [5, 5.41) is 12.6. The van der Waals surface area contributed by atoms with Crippen molar-refractivity contribution in [1.82, 2.24) is 9.88 Å². The Labute approximate surface area is 206 Å². The Morgan fingerprint density at radius 2 is 1.69 bits per heavy atom. The molecule has 4 rings (SSSR count). The van der Waals surface area contributed by atoms with Crippen molar-refractivity contribution in [1.29, 1.82) is 0 Å². The number of nitrogens with two attached hydrogens (primary N) is 1. The zero-order valence-corrected chi connectivity index (χ0v) is 19.4. The molecule has 0 saturated heterocycles. The van der Waals surface area contributed by atoms with Crippen molar-refractivity contribution in [3.05, 3.63) is 129 Å². The Kier molecular flexibility index (Phi) is 7.07. The second-order valence-electron chi connectivity index (χ2n) is 8.33. The highest BCUT2D eigenvalue weighted by atomic mass is 19.1. The van der Waals surface area contributed by atoms with E-state index in [1.54, 1.807) is 55.5 Å². The number of nitrogens with zero attached hydrogens (tertiary/aromatic N) is 1. The van der Waals surface area contributed by atoms with E-state index in [1.165, 1.54) is 34.9 Å². The topological polar surface area (TPSA) is 114 Å². The molecule has 0 radical (unpaired) electrons. The van der Waals surface area contributed by atoms with E-state index in [2.05, 4.69) is 5.32 Å². The molecule has 182 valence electrons. The highest BCUT2D eigenvalue weighted by molar-refractivity contribution is 6.11. The van der Waals surface area contributed by atoms with Crippen LogP contribution >= 0.6 is 0 Å². The molecule has 1 unspecified atom stereocenters. The summed E-state index contributed by atoms with van der Waals surface area (Å²) >= 11 is 0. The number of carbonyl (C=O) groups is 2. The Morgan fingerprint density at radius 3 is 2.33 bits per heavy atom. The molecule has 0 aliphatic heterocycles. The molecule has 0 fully saturated rings. The average Bonchev–Trinajstić information content (AvgIpc) is 2.87. The van der Waals surface area contributed by atoms with Crippen molar-refractivity contribution in [2.45, 2.75) is 19.5 Å². The van der Waals surface area contributed by atoms with Crippen LogP contribution in [0.2, 0.25) is 0 Å². The van der Waals surface area contributed by atoms with E-state index in [1.807, 2.05) is 6.07 Å². The number of halogens is 1. The van der Waals surface area contributed by atoms with E-state index in [9.17, 15) is 23.9 Å². The summed E-state index contributed by atoms with van der Waals surface area (Å²) in [4.78, 5) is 37.4. The number of rotatable bonds is 8. The van der Waals surface area contributed by atoms with Gasteiger partial charge in [0.25, 0.3) is 5.56 Å². The lowest BCUT2D eigenvalue weighted by Crippen LogP contribution is -2.28. The first-order valence-electron chi connectivity index (χ1n) is 11.2. The van der Waals surface area contributed by atoms with Crippen molar-refractivity contribution < 1.29 is 19.1 Å². The van der Waals surface area contributed by atoms with E-state index < -0.39 is 29.2 Å². The normalized spacial score (nSPS) is 11.7. The molecule has 0 bridgehead atoms. The lowest BCUT2D eigenvalue weighted by Gasteiger charge is -2.16. The van der Waals surface area contributed by atoms with Gasteiger partial charge in [0.15, 0.2) is 5.78 Å². The van der Waals surface area contributed by atoms with Gasteiger partial charge in [-0.25, -0.2) is 4.39 Å². The van der Waals surface area contributed by atoms with Crippen LogP contribution in [0.1, 0.15) is 38.7 Å². The largest absolute Gasteiger partial charge is 0.480 e. The predicted molar refractivity (Wildman–Crippen MR) is 135 cm³/mol. The lowest BCUT2D eigenvalue weighted by molar-refractivity contribution is -0.139. The van der Waals surface area contributed by atoms with Crippen LogP contribution < -0.4 is 16.6 Å². The Hall–Kier alpha value is -4.56. The van der Waals surface area contributed by atoms with Gasteiger partial charge in [-0.15, -0.1) is 0 Å². The fourth-order valence-corrected chi connectivity index (χ4v) is 3.93. The summed E-state index contributed by atoms with van der Waals surface area (Å²) in [6, 6.07) is 21.5. The zero-order valence-electron chi connectivity index (χ0n) is 19.4. The number of nitrogen functional groups attached to an aromatic ring is 1. The van der Waals surface area contributed by atoms with E-state index in [-0.39, 0.29) is 23.5 Å². The van der Waals surface area contributed by atoms with Crippen molar-refractivity contribution >= 4 is 17.6 Å². The summed E-state index contributed by atoms with van der Waals surface area (Å²) in [7, 11) is 0.